The number of furan rings is 1. The van der Waals surface area contributed by atoms with Crippen LogP contribution >= 0.6 is 23.8 Å². The van der Waals surface area contributed by atoms with E-state index in [4.69, 9.17) is 28.2 Å². The lowest BCUT2D eigenvalue weighted by Crippen LogP contribution is -2.32. The lowest BCUT2D eigenvalue weighted by atomic mass is 10.2. The quantitative estimate of drug-likeness (QED) is 0.340. The van der Waals surface area contributed by atoms with Gasteiger partial charge in [0.05, 0.1) is 10.7 Å². The largest absolute Gasteiger partial charge is 0.457 e. The molecule has 31 heavy (non-hydrogen) atoms. The van der Waals surface area contributed by atoms with Crippen molar-refractivity contribution >= 4 is 58.2 Å². The number of amides is 2. The highest BCUT2D eigenvalue weighted by Crippen LogP contribution is 2.26. The van der Waals surface area contributed by atoms with E-state index in [0.717, 1.165) is 5.56 Å². The Hall–Kier alpha value is -3.42. The maximum atomic E-state index is 12.2. The van der Waals surface area contributed by atoms with Gasteiger partial charge in [-0.15, -0.1) is 0 Å². The van der Waals surface area contributed by atoms with E-state index in [1.807, 2.05) is 36.4 Å². The minimum atomic E-state index is -0.429. The minimum Gasteiger partial charge on any atom is -0.457 e. The van der Waals surface area contributed by atoms with Crippen LogP contribution in [0, 0.1) is 0 Å². The molecule has 8 heteroatoms. The van der Waals surface area contributed by atoms with Gasteiger partial charge in [-0.1, -0.05) is 48.9 Å². The fraction of sp³-hybridized carbons (Fsp3) is 0.0870. The van der Waals surface area contributed by atoms with Crippen LogP contribution in [0.2, 0.25) is 5.02 Å². The Labute approximate surface area is 190 Å². The van der Waals surface area contributed by atoms with Gasteiger partial charge in [0.2, 0.25) is 11.8 Å². The van der Waals surface area contributed by atoms with E-state index in [2.05, 4.69) is 16.0 Å². The zero-order valence-corrected chi connectivity index (χ0v) is 18.2. The molecule has 0 fully saturated rings. The van der Waals surface area contributed by atoms with Crippen LogP contribution in [0.5, 0.6) is 0 Å². The fourth-order valence-electron chi connectivity index (χ4n) is 2.61. The summed E-state index contributed by atoms with van der Waals surface area (Å²) in [6.07, 6.45) is 3.23. The van der Waals surface area contributed by atoms with Crippen LogP contribution in [0.25, 0.3) is 17.4 Å². The summed E-state index contributed by atoms with van der Waals surface area (Å²) in [5.41, 5.74) is 1.98. The second kappa shape index (κ2) is 10.6. The maximum absolute atomic E-state index is 12.2. The van der Waals surface area contributed by atoms with Crippen LogP contribution in [0.1, 0.15) is 19.1 Å². The second-order valence-corrected chi connectivity index (χ2v) is 7.26. The Bertz CT molecular complexity index is 1130. The molecule has 3 N–H and O–H groups in total. The molecule has 0 bridgehead atoms. The molecular weight excluding hydrogens is 434 g/mol. The van der Waals surface area contributed by atoms with Gasteiger partial charge in [-0.05, 0) is 48.6 Å². The summed E-state index contributed by atoms with van der Waals surface area (Å²) < 4.78 is 5.72. The summed E-state index contributed by atoms with van der Waals surface area (Å²) >= 11 is 11.3. The molecule has 0 aliphatic carbocycles. The molecule has 2 aromatic carbocycles. The lowest BCUT2D eigenvalue weighted by Gasteiger charge is -2.12. The second-order valence-electron chi connectivity index (χ2n) is 6.44. The Morgan fingerprint density at radius 1 is 1.06 bits per heavy atom. The molecule has 3 aromatic rings. The van der Waals surface area contributed by atoms with E-state index in [0.29, 0.717) is 34.3 Å². The van der Waals surface area contributed by atoms with Crippen LogP contribution in [0.3, 0.4) is 0 Å². The minimum absolute atomic E-state index is 0.0694. The van der Waals surface area contributed by atoms with Crippen molar-refractivity contribution < 1.29 is 14.0 Å². The highest BCUT2D eigenvalue weighted by Gasteiger charge is 2.08. The Balaban J connectivity index is 1.57. The van der Waals surface area contributed by atoms with Gasteiger partial charge in [-0.2, -0.15) is 0 Å². The Morgan fingerprint density at radius 2 is 1.84 bits per heavy atom. The lowest BCUT2D eigenvalue weighted by molar-refractivity contribution is -0.116. The number of anilines is 2. The highest BCUT2D eigenvalue weighted by atomic mass is 35.5. The van der Waals surface area contributed by atoms with Crippen LogP contribution in [0.4, 0.5) is 11.4 Å². The third kappa shape index (κ3) is 6.53. The summed E-state index contributed by atoms with van der Waals surface area (Å²) in [4.78, 5) is 23.7. The first-order valence-corrected chi connectivity index (χ1v) is 10.3. The van der Waals surface area contributed by atoms with Crippen LogP contribution in [0.15, 0.2) is 71.2 Å². The standard InChI is InChI=1S/C23H20ClN3O3S/c1-2-21(28)25-16-8-11-18(24)19(14-16)26-23(31)27-22(29)13-10-17-9-12-20(30-17)15-6-4-3-5-7-15/h3-14H,2H2,1H3,(H,25,28)(H2,26,27,29,31)/b13-10+. The van der Waals surface area contributed by atoms with E-state index in [-0.39, 0.29) is 11.0 Å². The maximum Gasteiger partial charge on any atom is 0.250 e. The third-order valence-corrected chi connectivity index (χ3v) is 4.67. The molecule has 3 rings (SSSR count). The van der Waals surface area contributed by atoms with Crippen molar-refractivity contribution in [2.45, 2.75) is 13.3 Å². The van der Waals surface area contributed by atoms with Crippen LogP contribution in [-0.4, -0.2) is 16.9 Å². The molecule has 1 heterocycles. The molecule has 0 saturated carbocycles. The smallest absolute Gasteiger partial charge is 0.250 e. The zero-order valence-electron chi connectivity index (χ0n) is 16.6. The summed E-state index contributed by atoms with van der Waals surface area (Å²) in [5.74, 6) is 0.696. The number of rotatable bonds is 6. The number of benzene rings is 2. The highest BCUT2D eigenvalue weighted by molar-refractivity contribution is 7.80. The monoisotopic (exact) mass is 453 g/mol. The molecule has 0 unspecified atom stereocenters. The SMILES string of the molecule is CCC(=O)Nc1ccc(Cl)c(NC(=S)NC(=O)/C=C/c2ccc(-c3ccccc3)o2)c1. The Morgan fingerprint density at radius 3 is 2.58 bits per heavy atom. The number of hydrogen-bond acceptors (Lipinski definition) is 4. The molecule has 6 nitrogen and oxygen atoms in total. The number of halogens is 1. The van der Waals surface area contributed by atoms with Gasteiger partial charge in [0.25, 0.3) is 0 Å². The number of thiocarbonyl (C=S) groups is 1. The number of nitrogens with one attached hydrogen (secondary N) is 3. The molecule has 158 valence electrons. The average molecular weight is 454 g/mol. The van der Waals surface area contributed by atoms with Crippen LogP contribution < -0.4 is 16.0 Å². The summed E-state index contributed by atoms with van der Waals surface area (Å²) in [5, 5.41) is 8.60. The predicted molar refractivity (Wildman–Crippen MR) is 128 cm³/mol. The van der Waals surface area contributed by atoms with Gasteiger partial charge in [0, 0.05) is 23.7 Å². The first kappa shape index (κ1) is 22.3. The molecule has 1 aromatic heterocycles. The Kier molecular flexibility index (Phi) is 7.59. The number of hydrogen-bond donors (Lipinski definition) is 3. The first-order chi connectivity index (χ1) is 14.9. The van der Waals surface area contributed by atoms with E-state index in [1.165, 1.54) is 6.08 Å². The summed E-state index contributed by atoms with van der Waals surface area (Å²) in [7, 11) is 0. The molecule has 2 amide bonds. The van der Waals surface area contributed by atoms with Crippen molar-refractivity contribution in [2.75, 3.05) is 10.6 Å². The average Bonchev–Trinajstić information content (AvgIpc) is 3.24. The van der Waals surface area contributed by atoms with Crippen molar-refractivity contribution in [1.82, 2.24) is 5.32 Å². The topological polar surface area (TPSA) is 83.4 Å². The molecule has 0 atom stereocenters. The zero-order chi connectivity index (χ0) is 22.2. The van der Waals surface area contributed by atoms with Gasteiger partial charge in [-0.25, -0.2) is 0 Å². The van der Waals surface area contributed by atoms with Crippen molar-refractivity contribution in [3.63, 3.8) is 0 Å². The van der Waals surface area contributed by atoms with E-state index >= 15 is 0 Å². The van der Waals surface area contributed by atoms with Crippen LogP contribution in [-0.2, 0) is 9.59 Å². The normalized spacial score (nSPS) is 10.6. The summed E-state index contributed by atoms with van der Waals surface area (Å²) in [6, 6.07) is 18.2. The molecule has 0 saturated heterocycles. The van der Waals surface area contributed by atoms with Crippen molar-refractivity contribution in [3.05, 3.63) is 77.5 Å². The van der Waals surface area contributed by atoms with Gasteiger partial charge in [0.15, 0.2) is 5.11 Å². The van der Waals surface area contributed by atoms with Crippen molar-refractivity contribution in [3.8, 4) is 11.3 Å². The first-order valence-electron chi connectivity index (χ1n) is 9.49. The van der Waals surface area contributed by atoms with Crippen molar-refractivity contribution in [2.24, 2.45) is 0 Å². The number of carbonyl (C=O) groups is 2. The predicted octanol–water partition coefficient (Wildman–Crippen LogP) is 5.47. The van der Waals surface area contributed by atoms with Gasteiger partial charge in [0.1, 0.15) is 11.5 Å². The van der Waals surface area contributed by atoms with Gasteiger partial charge < -0.3 is 15.1 Å². The fourth-order valence-corrected chi connectivity index (χ4v) is 2.99. The molecular formula is C23H20ClN3O3S. The molecule has 0 spiro atoms. The van der Waals surface area contributed by atoms with Gasteiger partial charge >= 0.3 is 0 Å². The number of carbonyl (C=O) groups excluding carboxylic acids is 2. The van der Waals surface area contributed by atoms with E-state index in [9.17, 15) is 9.59 Å². The molecule has 0 radical (unpaired) electrons. The molecule has 0 aliphatic heterocycles. The summed E-state index contributed by atoms with van der Waals surface area (Å²) in [6.45, 7) is 1.76. The molecule has 0 aliphatic rings. The third-order valence-electron chi connectivity index (χ3n) is 4.14. The van der Waals surface area contributed by atoms with Crippen molar-refractivity contribution in [1.29, 1.82) is 0 Å². The van der Waals surface area contributed by atoms with E-state index < -0.39 is 5.91 Å². The van der Waals surface area contributed by atoms with Gasteiger partial charge in [-0.3, -0.25) is 14.9 Å². The van der Waals surface area contributed by atoms with E-state index in [1.54, 1.807) is 37.3 Å².